The highest BCUT2D eigenvalue weighted by Crippen LogP contribution is 2.62. The van der Waals surface area contributed by atoms with Gasteiger partial charge in [-0.3, -0.25) is 0 Å². The Bertz CT molecular complexity index is 295. The molecule has 0 radical (unpaired) electrons. The molecular formula is C17H34N2. The number of nitrogens with one attached hydrogen (secondary N) is 1. The lowest BCUT2D eigenvalue weighted by Crippen LogP contribution is -2.52. The second-order valence-corrected chi connectivity index (χ2v) is 7.74. The molecule has 0 saturated heterocycles. The Labute approximate surface area is 120 Å². The van der Waals surface area contributed by atoms with Crippen molar-refractivity contribution in [1.29, 1.82) is 0 Å². The van der Waals surface area contributed by atoms with Gasteiger partial charge in [-0.25, -0.2) is 0 Å². The van der Waals surface area contributed by atoms with Crippen molar-refractivity contribution in [3.05, 3.63) is 0 Å². The molecule has 0 aromatic heterocycles. The largest absolute Gasteiger partial charge is 0.312 e. The highest BCUT2D eigenvalue weighted by Gasteiger charge is 2.58. The fraction of sp³-hybridized carbons (Fsp3) is 1.00. The van der Waals surface area contributed by atoms with E-state index in [2.05, 4.69) is 44.8 Å². The van der Waals surface area contributed by atoms with E-state index in [4.69, 9.17) is 0 Å². The van der Waals surface area contributed by atoms with Crippen LogP contribution in [0.3, 0.4) is 0 Å². The van der Waals surface area contributed by atoms with Gasteiger partial charge in [0, 0.05) is 19.1 Å². The minimum absolute atomic E-state index is 0.495. The molecule has 2 heteroatoms. The van der Waals surface area contributed by atoms with Gasteiger partial charge in [-0.1, -0.05) is 34.6 Å². The normalized spacial score (nSPS) is 36.3. The van der Waals surface area contributed by atoms with Crippen molar-refractivity contribution in [3.8, 4) is 0 Å². The first-order valence-electron chi connectivity index (χ1n) is 8.39. The Kier molecular flexibility index (Phi) is 4.62. The van der Waals surface area contributed by atoms with Gasteiger partial charge in [0.2, 0.25) is 0 Å². The van der Waals surface area contributed by atoms with Gasteiger partial charge in [0.25, 0.3) is 0 Å². The number of hydrogen-bond donors (Lipinski definition) is 1. The molecule has 3 atom stereocenters. The van der Waals surface area contributed by atoms with Gasteiger partial charge in [0.15, 0.2) is 0 Å². The van der Waals surface area contributed by atoms with Gasteiger partial charge in [0.1, 0.15) is 0 Å². The Balaban J connectivity index is 1.85. The molecule has 0 amide bonds. The zero-order chi connectivity index (χ0) is 14.1. The predicted octanol–water partition coefficient (Wildman–Crippen LogP) is 3.52. The van der Waals surface area contributed by atoms with E-state index in [9.17, 15) is 0 Å². The highest BCUT2D eigenvalue weighted by atomic mass is 15.1. The average molecular weight is 266 g/mol. The van der Waals surface area contributed by atoms with Crippen molar-refractivity contribution in [3.63, 3.8) is 0 Å². The molecule has 1 N–H and O–H groups in total. The van der Waals surface area contributed by atoms with Gasteiger partial charge in [-0.15, -0.1) is 0 Å². The molecular weight excluding hydrogens is 232 g/mol. The summed E-state index contributed by atoms with van der Waals surface area (Å²) in [6.07, 6.45) is 5.61. The number of hydrogen-bond acceptors (Lipinski definition) is 2. The van der Waals surface area contributed by atoms with E-state index in [1.807, 2.05) is 0 Å². The van der Waals surface area contributed by atoms with E-state index in [1.165, 1.54) is 45.3 Å². The molecule has 2 bridgehead atoms. The lowest BCUT2D eigenvalue weighted by molar-refractivity contribution is 0.106. The molecule has 2 nitrogen and oxygen atoms in total. The molecule has 0 spiro atoms. The summed E-state index contributed by atoms with van der Waals surface area (Å²) in [5.41, 5.74) is 1.06. The average Bonchev–Trinajstić information content (AvgIpc) is 2.83. The van der Waals surface area contributed by atoms with Crippen molar-refractivity contribution in [1.82, 2.24) is 10.2 Å². The van der Waals surface area contributed by atoms with E-state index in [1.54, 1.807) is 0 Å². The molecule has 19 heavy (non-hydrogen) atoms. The number of rotatable bonds is 7. The van der Waals surface area contributed by atoms with E-state index >= 15 is 0 Å². The van der Waals surface area contributed by atoms with Crippen LogP contribution in [0.1, 0.15) is 60.3 Å². The maximum Gasteiger partial charge on any atom is 0.0175 e. The molecule has 2 aliphatic carbocycles. The van der Waals surface area contributed by atoms with Crippen molar-refractivity contribution in [2.75, 3.05) is 26.2 Å². The molecule has 112 valence electrons. The van der Waals surface area contributed by atoms with Crippen LogP contribution in [-0.2, 0) is 0 Å². The molecule has 0 aromatic carbocycles. The third kappa shape index (κ3) is 2.85. The Hall–Kier alpha value is -0.0800. The van der Waals surface area contributed by atoms with E-state index in [0.717, 1.165) is 18.5 Å². The van der Waals surface area contributed by atoms with Crippen LogP contribution < -0.4 is 5.32 Å². The molecule has 2 saturated carbocycles. The maximum absolute atomic E-state index is 3.93. The summed E-state index contributed by atoms with van der Waals surface area (Å²) in [5.74, 6) is 0.952. The van der Waals surface area contributed by atoms with Gasteiger partial charge < -0.3 is 10.2 Å². The summed E-state index contributed by atoms with van der Waals surface area (Å²) in [6, 6.07) is 0.721. The fourth-order valence-corrected chi connectivity index (χ4v) is 4.92. The predicted molar refractivity (Wildman–Crippen MR) is 83.4 cm³/mol. The molecule has 0 heterocycles. The summed E-state index contributed by atoms with van der Waals surface area (Å²) in [5, 5.41) is 3.93. The third-order valence-corrected chi connectivity index (χ3v) is 6.03. The second kappa shape index (κ2) is 5.73. The van der Waals surface area contributed by atoms with Crippen LogP contribution in [-0.4, -0.2) is 37.1 Å². The Morgan fingerprint density at radius 2 is 1.89 bits per heavy atom. The zero-order valence-corrected chi connectivity index (χ0v) is 13.8. The number of nitrogens with zero attached hydrogens (tertiary/aromatic N) is 1. The van der Waals surface area contributed by atoms with Crippen LogP contribution in [0.15, 0.2) is 0 Å². The third-order valence-electron chi connectivity index (χ3n) is 6.03. The van der Waals surface area contributed by atoms with E-state index in [-0.39, 0.29) is 0 Å². The maximum atomic E-state index is 3.93. The first kappa shape index (κ1) is 15.3. The zero-order valence-electron chi connectivity index (χ0n) is 13.8. The second-order valence-electron chi connectivity index (χ2n) is 7.74. The summed E-state index contributed by atoms with van der Waals surface area (Å²) in [7, 11) is 0. The lowest BCUT2D eigenvalue weighted by Gasteiger charge is -2.43. The Morgan fingerprint density at radius 1 is 1.16 bits per heavy atom. The number of likely N-dealkylation sites (N-methyl/N-ethyl adjacent to an activating group) is 1. The summed E-state index contributed by atoms with van der Waals surface area (Å²) in [4.78, 5) is 2.57. The van der Waals surface area contributed by atoms with Crippen LogP contribution in [0.5, 0.6) is 0 Å². The minimum Gasteiger partial charge on any atom is -0.312 e. The van der Waals surface area contributed by atoms with Crippen molar-refractivity contribution >= 4 is 0 Å². The summed E-state index contributed by atoms with van der Waals surface area (Å²) >= 11 is 0. The topological polar surface area (TPSA) is 15.3 Å². The minimum atomic E-state index is 0.495. The van der Waals surface area contributed by atoms with E-state index in [0.29, 0.717) is 10.8 Å². The van der Waals surface area contributed by atoms with Crippen molar-refractivity contribution < 1.29 is 0 Å². The molecule has 3 unspecified atom stereocenters. The Morgan fingerprint density at radius 3 is 2.42 bits per heavy atom. The number of fused-ring (bicyclic) bond motifs is 2. The van der Waals surface area contributed by atoms with Crippen LogP contribution in [0.4, 0.5) is 0 Å². The van der Waals surface area contributed by atoms with Gasteiger partial charge in [-0.2, -0.15) is 0 Å². The van der Waals surface area contributed by atoms with Gasteiger partial charge in [-0.05, 0) is 55.5 Å². The van der Waals surface area contributed by atoms with Gasteiger partial charge in [0.05, 0.1) is 0 Å². The quantitative estimate of drug-likeness (QED) is 0.758. The highest BCUT2D eigenvalue weighted by molar-refractivity contribution is 5.11. The first-order valence-corrected chi connectivity index (χ1v) is 8.39. The van der Waals surface area contributed by atoms with Crippen LogP contribution >= 0.6 is 0 Å². The van der Waals surface area contributed by atoms with Crippen molar-refractivity contribution in [2.24, 2.45) is 16.7 Å². The first-order chi connectivity index (χ1) is 8.94. The van der Waals surface area contributed by atoms with Crippen LogP contribution in [0, 0.1) is 16.7 Å². The molecule has 0 aromatic rings. The molecule has 0 aliphatic heterocycles. The van der Waals surface area contributed by atoms with Crippen LogP contribution in [0.2, 0.25) is 0 Å². The monoisotopic (exact) mass is 266 g/mol. The molecule has 2 aliphatic rings. The summed E-state index contributed by atoms with van der Waals surface area (Å²) in [6.45, 7) is 16.8. The smallest absolute Gasteiger partial charge is 0.0175 e. The SMILES string of the molecule is CCCN(CC)CCNC1C2(C)CCC(C2)C1(C)C. The van der Waals surface area contributed by atoms with E-state index < -0.39 is 0 Å². The standard InChI is InChI=1S/C17H34N2/c1-6-11-19(7-2)12-10-18-15-16(3,4)14-8-9-17(15,5)13-14/h14-15,18H,6-13H2,1-5H3. The molecule has 2 fully saturated rings. The van der Waals surface area contributed by atoms with Gasteiger partial charge >= 0.3 is 0 Å². The summed E-state index contributed by atoms with van der Waals surface area (Å²) < 4.78 is 0. The van der Waals surface area contributed by atoms with Crippen molar-refractivity contribution in [2.45, 2.75) is 66.3 Å². The van der Waals surface area contributed by atoms with Crippen LogP contribution in [0.25, 0.3) is 0 Å². The fourth-order valence-electron chi connectivity index (χ4n) is 4.92. The molecule has 2 rings (SSSR count). The lowest BCUT2D eigenvalue weighted by atomic mass is 9.68.